The molecule has 0 spiro atoms. The lowest BCUT2D eigenvalue weighted by molar-refractivity contribution is -0.127. The highest BCUT2D eigenvalue weighted by molar-refractivity contribution is 6.22. The minimum atomic E-state index is -0.353. The van der Waals surface area contributed by atoms with E-state index in [2.05, 4.69) is 0 Å². The van der Waals surface area contributed by atoms with Gasteiger partial charge < -0.3 is 5.11 Å². The van der Waals surface area contributed by atoms with Gasteiger partial charge in [-0.05, 0) is 35.1 Å². The lowest BCUT2D eigenvalue weighted by Gasteiger charge is -2.35. The summed E-state index contributed by atoms with van der Waals surface area (Å²) in [5.41, 5.74) is -0.0685. The number of phenols is 1. The van der Waals surface area contributed by atoms with E-state index in [4.69, 9.17) is 0 Å². The molecule has 0 aromatic heterocycles. The van der Waals surface area contributed by atoms with Crippen molar-refractivity contribution >= 4 is 17.5 Å². The fourth-order valence-electron chi connectivity index (χ4n) is 3.27. The van der Waals surface area contributed by atoms with Crippen LogP contribution in [0.2, 0.25) is 0 Å². The molecule has 4 heteroatoms. The summed E-state index contributed by atoms with van der Waals surface area (Å²) in [6.07, 6.45) is 0. The van der Waals surface area contributed by atoms with Crippen LogP contribution in [-0.4, -0.2) is 16.9 Å². The second kappa shape index (κ2) is 5.11. The van der Waals surface area contributed by atoms with Crippen LogP contribution in [0.3, 0.4) is 0 Å². The minimum Gasteiger partial charge on any atom is -0.508 e. The smallest absolute Gasteiger partial charge is 0.238 e. The maximum absolute atomic E-state index is 12.9. The number of hydrogen-bond acceptors (Lipinski definition) is 3. The zero-order chi connectivity index (χ0) is 16.9. The fourth-order valence-corrected chi connectivity index (χ4v) is 3.27. The summed E-state index contributed by atoms with van der Waals surface area (Å²) in [6, 6.07) is 6.20. The number of carbonyl (C=O) groups excluding carboxylic acids is 2. The summed E-state index contributed by atoms with van der Waals surface area (Å²) in [4.78, 5) is 27.2. The monoisotopic (exact) mass is 303 g/mol. The van der Waals surface area contributed by atoms with Gasteiger partial charge in [-0.15, -0.1) is 0 Å². The molecule has 0 saturated carbocycles. The first-order valence-electron chi connectivity index (χ1n) is 7.61. The average Bonchev–Trinajstić information content (AvgIpc) is 2.62. The Morgan fingerprint density at radius 1 is 0.818 bits per heavy atom. The maximum Gasteiger partial charge on any atom is 0.238 e. The summed E-state index contributed by atoms with van der Waals surface area (Å²) < 4.78 is 0. The standard InChI is InChI=1S/C18H25NO3/c1-17(2,3)13-14(18(4,5)6)16(22)19(15(13)21)11-7-9-12(20)10-8-11/h7-10,13-14,20H,1-6H3. The Labute approximate surface area is 132 Å². The number of imide groups is 1. The van der Waals surface area contributed by atoms with Crippen LogP contribution in [0.5, 0.6) is 5.75 Å². The maximum atomic E-state index is 12.9. The molecule has 1 N–H and O–H groups in total. The quantitative estimate of drug-likeness (QED) is 0.807. The molecule has 120 valence electrons. The molecule has 1 aliphatic heterocycles. The highest BCUT2D eigenvalue weighted by Gasteiger charge is 2.56. The summed E-state index contributed by atoms with van der Waals surface area (Å²) in [5, 5.41) is 9.41. The van der Waals surface area contributed by atoms with Crippen LogP contribution in [0.15, 0.2) is 24.3 Å². The number of anilines is 1. The Bertz CT molecular complexity index is 558. The molecule has 2 amide bonds. The third-order valence-corrected chi connectivity index (χ3v) is 4.28. The van der Waals surface area contributed by atoms with Crippen LogP contribution in [0.1, 0.15) is 41.5 Å². The van der Waals surface area contributed by atoms with E-state index in [-0.39, 0.29) is 40.2 Å². The van der Waals surface area contributed by atoms with Crippen molar-refractivity contribution in [1.82, 2.24) is 0 Å². The number of nitrogens with zero attached hydrogens (tertiary/aromatic N) is 1. The van der Waals surface area contributed by atoms with Crippen LogP contribution in [0.4, 0.5) is 5.69 Å². The second-order valence-electron chi connectivity index (χ2n) is 8.22. The molecule has 1 saturated heterocycles. The SMILES string of the molecule is CC(C)(C)C1C(=O)N(c2ccc(O)cc2)C(=O)C1C(C)(C)C. The molecule has 1 heterocycles. The van der Waals surface area contributed by atoms with Crippen molar-refractivity contribution in [3.8, 4) is 5.75 Å². The molecule has 0 aliphatic carbocycles. The molecule has 22 heavy (non-hydrogen) atoms. The Hall–Kier alpha value is -1.84. The number of benzene rings is 1. The van der Waals surface area contributed by atoms with Crippen LogP contribution < -0.4 is 4.90 Å². The largest absolute Gasteiger partial charge is 0.508 e. The Morgan fingerprint density at radius 3 is 1.50 bits per heavy atom. The van der Waals surface area contributed by atoms with Crippen molar-refractivity contribution in [1.29, 1.82) is 0 Å². The van der Waals surface area contributed by atoms with Gasteiger partial charge in [0.2, 0.25) is 11.8 Å². The Kier molecular flexibility index (Phi) is 3.84. The van der Waals surface area contributed by atoms with Crippen molar-refractivity contribution in [2.75, 3.05) is 4.90 Å². The van der Waals surface area contributed by atoms with Gasteiger partial charge in [0.25, 0.3) is 0 Å². The highest BCUT2D eigenvalue weighted by Crippen LogP contribution is 2.48. The minimum absolute atomic E-state index is 0.114. The summed E-state index contributed by atoms with van der Waals surface area (Å²) in [7, 11) is 0. The van der Waals surface area contributed by atoms with Gasteiger partial charge in [-0.2, -0.15) is 0 Å². The van der Waals surface area contributed by atoms with Crippen molar-refractivity contribution in [3.05, 3.63) is 24.3 Å². The van der Waals surface area contributed by atoms with Crippen molar-refractivity contribution in [3.63, 3.8) is 0 Å². The van der Waals surface area contributed by atoms with E-state index in [1.165, 1.54) is 17.0 Å². The first kappa shape index (κ1) is 16.5. The van der Waals surface area contributed by atoms with Crippen LogP contribution in [0.25, 0.3) is 0 Å². The van der Waals surface area contributed by atoms with E-state index in [1.54, 1.807) is 12.1 Å². The van der Waals surface area contributed by atoms with Gasteiger partial charge in [0, 0.05) is 0 Å². The zero-order valence-electron chi connectivity index (χ0n) is 14.2. The van der Waals surface area contributed by atoms with Crippen molar-refractivity contribution in [2.45, 2.75) is 41.5 Å². The molecule has 4 nitrogen and oxygen atoms in total. The summed E-state index contributed by atoms with van der Waals surface area (Å²) >= 11 is 0. The van der Waals surface area contributed by atoms with E-state index < -0.39 is 0 Å². The number of hydrogen-bond donors (Lipinski definition) is 1. The molecule has 2 rings (SSSR count). The third kappa shape index (κ3) is 2.74. The van der Waals surface area contributed by atoms with Crippen LogP contribution >= 0.6 is 0 Å². The average molecular weight is 303 g/mol. The molecule has 0 radical (unpaired) electrons. The van der Waals surface area contributed by atoms with Crippen molar-refractivity contribution in [2.24, 2.45) is 22.7 Å². The van der Waals surface area contributed by atoms with Crippen LogP contribution in [-0.2, 0) is 9.59 Å². The lowest BCUT2D eigenvalue weighted by atomic mass is 9.65. The first-order chi connectivity index (χ1) is 9.94. The van der Waals surface area contributed by atoms with Gasteiger partial charge in [-0.25, -0.2) is 0 Å². The molecule has 1 aromatic rings. The third-order valence-electron chi connectivity index (χ3n) is 4.28. The second-order valence-corrected chi connectivity index (χ2v) is 8.22. The topological polar surface area (TPSA) is 57.6 Å². The first-order valence-corrected chi connectivity index (χ1v) is 7.61. The highest BCUT2D eigenvalue weighted by atomic mass is 16.3. The molecule has 2 unspecified atom stereocenters. The Morgan fingerprint density at radius 2 is 1.18 bits per heavy atom. The van der Waals surface area contributed by atoms with Gasteiger partial charge in [0.05, 0.1) is 17.5 Å². The molecule has 0 bridgehead atoms. The van der Waals surface area contributed by atoms with E-state index in [9.17, 15) is 14.7 Å². The number of phenolic OH excluding ortho intramolecular Hbond substituents is 1. The number of amides is 2. The predicted molar refractivity (Wildman–Crippen MR) is 86.5 cm³/mol. The van der Waals surface area contributed by atoms with Gasteiger partial charge in [-0.3, -0.25) is 14.5 Å². The fraction of sp³-hybridized carbons (Fsp3) is 0.556. The molecular weight excluding hydrogens is 278 g/mol. The van der Waals surface area contributed by atoms with Crippen LogP contribution in [0, 0.1) is 22.7 Å². The molecular formula is C18H25NO3. The van der Waals surface area contributed by atoms with Gasteiger partial charge in [0.15, 0.2) is 0 Å². The summed E-state index contributed by atoms with van der Waals surface area (Å²) in [6.45, 7) is 12.0. The normalized spacial score (nSPS) is 23.3. The van der Waals surface area contributed by atoms with E-state index in [1.807, 2.05) is 41.5 Å². The molecule has 1 fully saturated rings. The van der Waals surface area contributed by atoms with Crippen molar-refractivity contribution < 1.29 is 14.7 Å². The number of aromatic hydroxyl groups is 1. The molecule has 1 aromatic carbocycles. The van der Waals surface area contributed by atoms with Gasteiger partial charge >= 0.3 is 0 Å². The van der Waals surface area contributed by atoms with E-state index >= 15 is 0 Å². The zero-order valence-corrected chi connectivity index (χ0v) is 14.2. The van der Waals surface area contributed by atoms with E-state index in [0.717, 1.165) is 0 Å². The molecule has 2 atom stereocenters. The number of rotatable bonds is 1. The Balaban J connectivity index is 2.53. The molecule has 1 aliphatic rings. The lowest BCUT2D eigenvalue weighted by Crippen LogP contribution is -2.38. The number of carbonyl (C=O) groups is 2. The van der Waals surface area contributed by atoms with Gasteiger partial charge in [-0.1, -0.05) is 41.5 Å². The van der Waals surface area contributed by atoms with E-state index in [0.29, 0.717) is 5.69 Å². The summed E-state index contributed by atoms with van der Waals surface area (Å²) in [5.74, 6) is -0.892. The predicted octanol–water partition coefficient (Wildman–Crippen LogP) is 3.59. The van der Waals surface area contributed by atoms with Gasteiger partial charge in [0.1, 0.15) is 5.75 Å².